The molecule has 2 unspecified atom stereocenters. The number of carboxylic acids is 1. The van der Waals surface area contributed by atoms with E-state index in [1.165, 1.54) is 70.6 Å². The Morgan fingerprint density at radius 2 is 1.04 bits per heavy atom. The Labute approximate surface area is 332 Å². The number of quaternary nitrogens is 1. The van der Waals surface area contributed by atoms with E-state index in [0.29, 0.717) is 12.8 Å². The van der Waals surface area contributed by atoms with E-state index in [4.69, 9.17) is 14.2 Å². The van der Waals surface area contributed by atoms with Crippen LogP contribution >= 0.6 is 0 Å². The highest BCUT2D eigenvalue weighted by atomic mass is 16.6. The van der Waals surface area contributed by atoms with E-state index in [1.54, 1.807) is 21.1 Å². The van der Waals surface area contributed by atoms with E-state index in [1.807, 2.05) is 0 Å². The second-order valence-electron chi connectivity index (χ2n) is 15.9. The summed E-state index contributed by atoms with van der Waals surface area (Å²) in [4.78, 5) is 36.8. The SMILES string of the molecule is CC/C=C/C/C=C/CCCCCCCC(=O)OC(COCCC(C(=O)[O-])[N+](C)(C)C)COC(=O)CCCCCCC/C=C/CCCCCCCCCCC. The number of unbranched alkanes of at least 4 members (excludes halogenated alkanes) is 19. The van der Waals surface area contributed by atoms with E-state index in [-0.39, 0.29) is 42.7 Å². The predicted octanol–water partition coefficient (Wildman–Crippen LogP) is 10.5. The van der Waals surface area contributed by atoms with Crippen molar-refractivity contribution in [1.82, 2.24) is 0 Å². The Hall–Kier alpha value is -2.45. The molecule has 0 aromatic carbocycles. The van der Waals surface area contributed by atoms with Crippen molar-refractivity contribution in [3.8, 4) is 0 Å². The highest BCUT2D eigenvalue weighted by Crippen LogP contribution is 2.14. The van der Waals surface area contributed by atoms with E-state index < -0.39 is 18.1 Å². The quantitative estimate of drug-likeness (QED) is 0.0266. The van der Waals surface area contributed by atoms with Gasteiger partial charge in [0, 0.05) is 19.3 Å². The first-order valence-electron chi connectivity index (χ1n) is 22.0. The molecule has 0 spiro atoms. The average molecular weight is 762 g/mol. The van der Waals surface area contributed by atoms with Crippen molar-refractivity contribution < 1.29 is 38.2 Å². The predicted molar refractivity (Wildman–Crippen MR) is 222 cm³/mol. The fraction of sp³-hybridized carbons (Fsp3) is 0.804. The molecule has 0 aliphatic rings. The minimum atomic E-state index is -1.13. The van der Waals surface area contributed by atoms with Gasteiger partial charge in [-0.3, -0.25) is 9.59 Å². The Morgan fingerprint density at radius 3 is 1.54 bits per heavy atom. The van der Waals surface area contributed by atoms with Gasteiger partial charge in [-0.2, -0.15) is 0 Å². The molecule has 314 valence electrons. The van der Waals surface area contributed by atoms with Gasteiger partial charge in [0.15, 0.2) is 6.10 Å². The molecule has 0 saturated carbocycles. The molecule has 0 aliphatic carbocycles. The zero-order valence-corrected chi connectivity index (χ0v) is 35.6. The lowest BCUT2D eigenvalue weighted by atomic mass is 10.1. The van der Waals surface area contributed by atoms with Crippen LogP contribution in [0.25, 0.3) is 0 Å². The van der Waals surface area contributed by atoms with Crippen molar-refractivity contribution in [3.63, 3.8) is 0 Å². The molecule has 0 aromatic rings. The van der Waals surface area contributed by atoms with Gasteiger partial charge in [0.2, 0.25) is 0 Å². The smallest absolute Gasteiger partial charge is 0.306 e. The monoisotopic (exact) mass is 762 g/mol. The summed E-state index contributed by atoms with van der Waals surface area (Å²) in [5.74, 6) is -1.76. The lowest BCUT2D eigenvalue weighted by Gasteiger charge is -2.34. The van der Waals surface area contributed by atoms with Crippen LogP contribution < -0.4 is 5.11 Å². The summed E-state index contributed by atoms with van der Waals surface area (Å²) < 4.78 is 17.1. The maximum absolute atomic E-state index is 12.7. The van der Waals surface area contributed by atoms with Crippen molar-refractivity contribution in [2.45, 2.75) is 199 Å². The normalized spacial score (nSPS) is 13.3. The van der Waals surface area contributed by atoms with Crippen molar-refractivity contribution in [1.29, 1.82) is 0 Å². The van der Waals surface area contributed by atoms with Gasteiger partial charge in [0.05, 0.1) is 40.3 Å². The Kier molecular flexibility index (Phi) is 35.8. The summed E-state index contributed by atoms with van der Waals surface area (Å²) >= 11 is 0. The number of hydrogen-bond donors (Lipinski definition) is 0. The number of carboxylic acid groups (broad SMARTS) is 1. The second kappa shape index (κ2) is 37.5. The van der Waals surface area contributed by atoms with Gasteiger partial charge in [0.1, 0.15) is 12.6 Å². The molecular formula is C46H83NO7. The molecule has 0 radical (unpaired) electrons. The minimum absolute atomic E-state index is 0.0331. The summed E-state index contributed by atoms with van der Waals surface area (Å²) in [5, 5.41) is 11.6. The molecule has 0 rings (SSSR count). The van der Waals surface area contributed by atoms with Gasteiger partial charge in [-0.05, 0) is 64.2 Å². The highest BCUT2D eigenvalue weighted by Gasteiger charge is 2.25. The summed E-state index contributed by atoms with van der Waals surface area (Å²) in [6.45, 7) is 4.53. The van der Waals surface area contributed by atoms with Crippen LogP contribution in [-0.2, 0) is 28.6 Å². The summed E-state index contributed by atoms with van der Waals surface area (Å²) in [6.07, 6.45) is 41.7. The average Bonchev–Trinajstić information content (AvgIpc) is 3.12. The largest absolute Gasteiger partial charge is 0.544 e. The number of nitrogens with zero attached hydrogens (tertiary/aromatic N) is 1. The zero-order chi connectivity index (χ0) is 40.0. The van der Waals surface area contributed by atoms with E-state index in [2.05, 4.69) is 50.3 Å². The molecule has 0 aromatic heterocycles. The molecule has 54 heavy (non-hydrogen) atoms. The number of aliphatic carboxylic acids is 1. The first-order chi connectivity index (χ1) is 26.1. The van der Waals surface area contributed by atoms with Gasteiger partial charge < -0.3 is 28.6 Å². The number of rotatable bonds is 39. The van der Waals surface area contributed by atoms with Gasteiger partial charge in [-0.25, -0.2) is 0 Å². The third-order valence-electron chi connectivity index (χ3n) is 9.76. The van der Waals surface area contributed by atoms with Crippen molar-refractivity contribution in [2.75, 3.05) is 41.0 Å². The molecule has 0 amide bonds. The van der Waals surface area contributed by atoms with Crippen LogP contribution in [0.1, 0.15) is 187 Å². The maximum Gasteiger partial charge on any atom is 0.306 e. The number of carbonyl (C=O) groups excluding carboxylic acids is 3. The van der Waals surface area contributed by atoms with E-state index in [9.17, 15) is 19.5 Å². The zero-order valence-electron chi connectivity index (χ0n) is 35.6. The fourth-order valence-corrected chi connectivity index (χ4v) is 6.34. The number of likely N-dealkylation sites (N-methyl/N-ethyl adjacent to an activating group) is 1. The van der Waals surface area contributed by atoms with Crippen LogP contribution in [0.2, 0.25) is 0 Å². The molecule has 8 nitrogen and oxygen atoms in total. The molecule has 0 bridgehead atoms. The number of carbonyl (C=O) groups is 3. The molecule has 8 heteroatoms. The summed E-state index contributed by atoms with van der Waals surface area (Å²) in [5.41, 5.74) is 0. The first kappa shape index (κ1) is 51.5. The first-order valence-corrected chi connectivity index (χ1v) is 22.0. The Balaban J connectivity index is 4.32. The number of hydrogen-bond acceptors (Lipinski definition) is 7. The number of ether oxygens (including phenoxy) is 3. The Morgan fingerprint density at radius 1 is 0.574 bits per heavy atom. The van der Waals surface area contributed by atoms with Crippen LogP contribution in [0.15, 0.2) is 36.5 Å². The molecule has 0 aliphatic heterocycles. The van der Waals surface area contributed by atoms with Crippen LogP contribution in [0.3, 0.4) is 0 Å². The summed E-state index contributed by atoms with van der Waals surface area (Å²) in [7, 11) is 5.40. The van der Waals surface area contributed by atoms with Gasteiger partial charge in [-0.1, -0.05) is 140 Å². The molecular weight excluding hydrogens is 679 g/mol. The highest BCUT2D eigenvalue weighted by molar-refractivity contribution is 5.70. The fourth-order valence-electron chi connectivity index (χ4n) is 6.34. The third kappa shape index (κ3) is 35.3. The summed E-state index contributed by atoms with van der Waals surface area (Å²) in [6, 6.07) is -0.728. The molecule has 0 heterocycles. The minimum Gasteiger partial charge on any atom is -0.544 e. The van der Waals surface area contributed by atoms with E-state index >= 15 is 0 Å². The van der Waals surface area contributed by atoms with Gasteiger partial charge in [-0.15, -0.1) is 0 Å². The van der Waals surface area contributed by atoms with Gasteiger partial charge >= 0.3 is 11.9 Å². The topological polar surface area (TPSA) is 102 Å². The molecule has 0 fully saturated rings. The van der Waals surface area contributed by atoms with E-state index in [0.717, 1.165) is 83.5 Å². The molecule has 0 N–H and O–H groups in total. The van der Waals surface area contributed by atoms with Crippen LogP contribution in [0.4, 0.5) is 0 Å². The van der Waals surface area contributed by atoms with Crippen LogP contribution in [-0.4, -0.2) is 75.5 Å². The maximum atomic E-state index is 12.7. The molecule has 0 saturated heterocycles. The molecule has 2 atom stereocenters. The number of esters is 2. The number of allylic oxidation sites excluding steroid dienone is 6. The van der Waals surface area contributed by atoms with Crippen LogP contribution in [0.5, 0.6) is 0 Å². The second-order valence-corrected chi connectivity index (χ2v) is 15.9. The Bertz CT molecular complexity index is 984. The van der Waals surface area contributed by atoms with Crippen molar-refractivity contribution in [3.05, 3.63) is 36.5 Å². The third-order valence-corrected chi connectivity index (χ3v) is 9.76. The van der Waals surface area contributed by atoms with Crippen LogP contribution in [0, 0.1) is 0 Å². The van der Waals surface area contributed by atoms with Crippen molar-refractivity contribution >= 4 is 17.9 Å². The standard InChI is InChI=1S/C46H83NO7/c1-6-8-10-12-14-16-18-20-21-22-23-24-25-27-28-30-32-34-36-44(48)53-41-42(40-52-39-38-43(46(50)51)47(3,4)5)54-45(49)37-35-33-31-29-26-19-17-15-13-11-9-7-2/h9,11,15,17,23-24,42-43H,6-8,10,12-14,16,18-22,25-41H2,1-5H3/b11-9+,17-15+,24-23+. The van der Waals surface area contributed by atoms with Crippen molar-refractivity contribution in [2.24, 2.45) is 0 Å². The lowest BCUT2D eigenvalue weighted by Crippen LogP contribution is -2.55. The van der Waals surface area contributed by atoms with Gasteiger partial charge in [0.25, 0.3) is 0 Å². The lowest BCUT2D eigenvalue weighted by molar-refractivity contribution is -0.889.